The van der Waals surface area contributed by atoms with Gasteiger partial charge >= 0.3 is 5.97 Å². The minimum Gasteiger partial charge on any atom is -0.493 e. The molecule has 0 radical (unpaired) electrons. The van der Waals surface area contributed by atoms with Crippen molar-refractivity contribution in [2.45, 2.75) is 25.7 Å². The molecule has 0 bridgehead atoms. The van der Waals surface area contributed by atoms with E-state index in [1.165, 1.54) is 0 Å². The van der Waals surface area contributed by atoms with Gasteiger partial charge in [0.05, 0.1) is 28.5 Å². The van der Waals surface area contributed by atoms with E-state index in [0.29, 0.717) is 39.4 Å². The molecule has 2 atom stereocenters. The molecular weight excluding hydrogens is 371 g/mol. The molecular formula is C21H20Cl2O3. The number of halogens is 2. The van der Waals surface area contributed by atoms with E-state index in [0.717, 1.165) is 0 Å². The topological polar surface area (TPSA) is 46.5 Å². The third-order valence-corrected chi connectivity index (χ3v) is 4.64. The number of hydrogen-bond donors (Lipinski definition) is 1. The highest BCUT2D eigenvalue weighted by Gasteiger charge is 2.30. The van der Waals surface area contributed by atoms with Gasteiger partial charge in [-0.15, -0.1) is 6.42 Å². The van der Waals surface area contributed by atoms with Crippen molar-refractivity contribution < 1.29 is 14.6 Å². The van der Waals surface area contributed by atoms with Crippen LogP contribution in [0.2, 0.25) is 10.0 Å². The molecule has 2 unspecified atom stereocenters. The van der Waals surface area contributed by atoms with Gasteiger partial charge in [-0.25, -0.2) is 0 Å². The van der Waals surface area contributed by atoms with Gasteiger partial charge in [-0.05, 0) is 41.3 Å². The van der Waals surface area contributed by atoms with Crippen LogP contribution in [0.5, 0.6) is 5.75 Å². The van der Waals surface area contributed by atoms with Crippen LogP contribution in [-0.4, -0.2) is 17.7 Å². The molecule has 3 nitrogen and oxygen atoms in total. The number of benzene rings is 2. The molecule has 0 heterocycles. The lowest BCUT2D eigenvalue weighted by atomic mass is 9.82. The van der Waals surface area contributed by atoms with Gasteiger partial charge in [0.15, 0.2) is 0 Å². The molecule has 26 heavy (non-hydrogen) atoms. The smallest absolute Gasteiger partial charge is 0.312 e. The fourth-order valence-corrected chi connectivity index (χ4v) is 2.91. The van der Waals surface area contributed by atoms with Gasteiger partial charge in [0.25, 0.3) is 0 Å². The van der Waals surface area contributed by atoms with Crippen molar-refractivity contribution in [1.82, 2.24) is 0 Å². The molecule has 2 aromatic rings. The number of carboxylic acid groups (broad SMARTS) is 1. The summed E-state index contributed by atoms with van der Waals surface area (Å²) >= 11 is 12.0. The lowest BCUT2D eigenvalue weighted by molar-refractivity contribution is -0.139. The van der Waals surface area contributed by atoms with Gasteiger partial charge in [-0.1, -0.05) is 61.2 Å². The van der Waals surface area contributed by atoms with E-state index in [1.807, 2.05) is 0 Å². The fraction of sp³-hybridized carbons (Fsp3) is 0.286. The minimum absolute atomic E-state index is 0.339. The van der Waals surface area contributed by atoms with Crippen molar-refractivity contribution in [2.75, 3.05) is 6.61 Å². The summed E-state index contributed by atoms with van der Waals surface area (Å²) in [5.74, 6) is 1.10. The maximum atomic E-state index is 11.9. The molecule has 2 rings (SSSR count). The van der Waals surface area contributed by atoms with Crippen molar-refractivity contribution >= 4 is 29.2 Å². The predicted octanol–water partition coefficient (Wildman–Crippen LogP) is 5.61. The van der Waals surface area contributed by atoms with Gasteiger partial charge in [-0.2, -0.15) is 0 Å². The summed E-state index contributed by atoms with van der Waals surface area (Å²) in [6.45, 7) is 4.71. The van der Waals surface area contributed by atoms with Crippen molar-refractivity contribution in [2.24, 2.45) is 5.92 Å². The van der Waals surface area contributed by atoms with Crippen LogP contribution in [0.3, 0.4) is 0 Å². The predicted molar refractivity (Wildman–Crippen MR) is 105 cm³/mol. The number of carboxylic acids is 1. The maximum Gasteiger partial charge on any atom is 0.312 e. The molecule has 0 spiro atoms. The Balaban J connectivity index is 2.33. The van der Waals surface area contributed by atoms with Gasteiger partial charge in [0.1, 0.15) is 5.75 Å². The number of ether oxygens (including phenoxy) is 1. The van der Waals surface area contributed by atoms with E-state index in [1.54, 1.807) is 42.5 Å². The first-order valence-corrected chi connectivity index (χ1v) is 8.95. The Morgan fingerprint density at radius 1 is 1.12 bits per heavy atom. The van der Waals surface area contributed by atoms with Crippen molar-refractivity contribution in [1.29, 1.82) is 0 Å². The molecule has 0 fully saturated rings. The number of aliphatic carboxylic acids is 1. The van der Waals surface area contributed by atoms with E-state index >= 15 is 0 Å². The highest BCUT2D eigenvalue weighted by molar-refractivity contribution is 6.42. The number of rotatable bonds is 7. The van der Waals surface area contributed by atoms with Crippen molar-refractivity contribution in [3.63, 3.8) is 0 Å². The lowest BCUT2D eigenvalue weighted by Crippen LogP contribution is -2.19. The van der Waals surface area contributed by atoms with Gasteiger partial charge in [0, 0.05) is 0 Å². The number of terminal acetylenes is 1. The standard InChI is InChI=1S/C21H20Cl2O3/c1-4-17(15-7-10-18(22)19(23)11-15)20(21(24)25)14-5-8-16(9-6-14)26-12-13(2)3/h1,5-11,13,17,20H,12H2,2-3H3,(H,24,25). The van der Waals surface area contributed by atoms with Crippen molar-refractivity contribution in [3.05, 3.63) is 63.6 Å². The third-order valence-electron chi connectivity index (χ3n) is 3.90. The van der Waals surface area contributed by atoms with E-state index < -0.39 is 17.8 Å². The second-order valence-corrected chi connectivity index (χ2v) is 7.22. The zero-order chi connectivity index (χ0) is 19.3. The molecule has 136 valence electrons. The summed E-state index contributed by atoms with van der Waals surface area (Å²) in [6, 6.07) is 11.9. The van der Waals surface area contributed by atoms with E-state index in [-0.39, 0.29) is 0 Å². The van der Waals surface area contributed by atoms with Crippen LogP contribution in [0.4, 0.5) is 0 Å². The summed E-state index contributed by atoms with van der Waals surface area (Å²) in [5, 5.41) is 10.5. The molecule has 0 aliphatic carbocycles. The van der Waals surface area contributed by atoms with Crippen molar-refractivity contribution in [3.8, 4) is 18.1 Å². The second kappa shape index (κ2) is 8.98. The SMILES string of the molecule is C#CC(c1ccc(Cl)c(Cl)c1)C(C(=O)O)c1ccc(OCC(C)C)cc1. The number of carbonyl (C=O) groups is 1. The Hall–Kier alpha value is -2.15. The van der Waals surface area contributed by atoms with E-state index in [4.69, 9.17) is 34.4 Å². The van der Waals surface area contributed by atoms with Crippen LogP contribution >= 0.6 is 23.2 Å². The molecule has 5 heteroatoms. The maximum absolute atomic E-state index is 11.9. The monoisotopic (exact) mass is 390 g/mol. The normalized spacial score (nSPS) is 13.1. The molecule has 1 N–H and O–H groups in total. The second-order valence-electron chi connectivity index (χ2n) is 6.41. The third kappa shape index (κ3) is 4.94. The summed E-state index contributed by atoms with van der Waals surface area (Å²) in [6.07, 6.45) is 5.67. The van der Waals surface area contributed by atoms with Crippen LogP contribution in [0.25, 0.3) is 0 Å². The molecule has 0 aromatic heterocycles. The molecule has 0 saturated carbocycles. The van der Waals surface area contributed by atoms with Gasteiger partial charge in [-0.3, -0.25) is 4.79 Å². The molecule has 0 aliphatic heterocycles. The Bertz CT molecular complexity index is 807. The zero-order valence-corrected chi connectivity index (χ0v) is 16.1. The van der Waals surface area contributed by atoms with Crippen LogP contribution in [0, 0.1) is 18.3 Å². The highest BCUT2D eigenvalue weighted by Crippen LogP contribution is 2.36. The van der Waals surface area contributed by atoms with Crippen LogP contribution in [-0.2, 0) is 4.79 Å². The molecule has 0 saturated heterocycles. The summed E-state index contributed by atoms with van der Waals surface area (Å²) in [4.78, 5) is 11.9. The highest BCUT2D eigenvalue weighted by atomic mass is 35.5. The Labute approximate surface area is 163 Å². The van der Waals surface area contributed by atoms with Crippen LogP contribution < -0.4 is 4.74 Å². The van der Waals surface area contributed by atoms with Crippen LogP contribution in [0.15, 0.2) is 42.5 Å². The van der Waals surface area contributed by atoms with Gasteiger partial charge < -0.3 is 9.84 Å². The summed E-state index contributed by atoms with van der Waals surface area (Å²) in [5.41, 5.74) is 1.23. The Morgan fingerprint density at radius 2 is 1.73 bits per heavy atom. The first-order valence-electron chi connectivity index (χ1n) is 8.20. The average molecular weight is 391 g/mol. The Morgan fingerprint density at radius 3 is 2.23 bits per heavy atom. The largest absolute Gasteiger partial charge is 0.493 e. The number of hydrogen-bond acceptors (Lipinski definition) is 2. The van der Waals surface area contributed by atoms with E-state index in [9.17, 15) is 9.90 Å². The minimum atomic E-state index is -1.00. The molecule has 0 amide bonds. The molecule has 2 aromatic carbocycles. The van der Waals surface area contributed by atoms with E-state index in [2.05, 4.69) is 19.8 Å². The first kappa shape index (κ1) is 20.2. The lowest BCUT2D eigenvalue weighted by Gasteiger charge is -2.21. The quantitative estimate of drug-likeness (QED) is 0.624. The fourth-order valence-electron chi connectivity index (χ4n) is 2.60. The zero-order valence-electron chi connectivity index (χ0n) is 14.6. The summed E-state index contributed by atoms with van der Waals surface area (Å²) in [7, 11) is 0. The first-order chi connectivity index (χ1) is 12.3. The average Bonchev–Trinajstić information content (AvgIpc) is 2.60. The molecule has 0 aliphatic rings. The van der Waals surface area contributed by atoms with Crippen LogP contribution in [0.1, 0.15) is 36.8 Å². The summed E-state index contributed by atoms with van der Waals surface area (Å²) < 4.78 is 5.64. The Kier molecular flexibility index (Phi) is 6.97. The van der Waals surface area contributed by atoms with Gasteiger partial charge in [0.2, 0.25) is 0 Å².